The summed E-state index contributed by atoms with van der Waals surface area (Å²) in [5.74, 6) is 0. The maximum atomic E-state index is 10.8. The molecular formula is C17H11N3O4. The van der Waals surface area contributed by atoms with Crippen molar-refractivity contribution in [3.8, 4) is 6.07 Å². The summed E-state index contributed by atoms with van der Waals surface area (Å²) in [5, 5.41) is 30.7. The molecule has 0 N–H and O–H groups in total. The van der Waals surface area contributed by atoms with E-state index >= 15 is 0 Å². The monoisotopic (exact) mass is 321 g/mol. The van der Waals surface area contributed by atoms with Gasteiger partial charge in [0.2, 0.25) is 0 Å². The predicted octanol–water partition coefficient (Wildman–Crippen LogP) is 4.12. The zero-order valence-corrected chi connectivity index (χ0v) is 12.3. The van der Waals surface area contributed by atoms with E-state index in [-0.39, 0.29) is 16.9 Å². The summed E-state index contributed by atoms with van der Waals surface area (Å²) >= 11 is 0. The van der Waals surface area contributed by atoms with Crippen LogP contribution in [0.4, 0.5) is 11.4 Å². The van der Waals surface area contributed by atoms with Gasteiger partial charge in [0.05, 0.1) is 21.5 Å². The van der Waals surface area contributed by atoms with Gasteiger partial charge >= 0.3 is 0 Å². The first kappa shape index (κ1) is 16.6. The average Bonchev–Trinajstić information content (AvgIpc) is 2.59. The molecule has 2 aromatic rings. The molecule has 0 aromatic heterocycles. The van der Waals surface area contributed by atoms with Crippen molar-refractivity contribution in [2.75, 3.05) is 0 Å². The van der Waals surface area contributed by atoms with Crippen LogP contribution in [0.2, 0.25) is 0 Å². The van der Waals surface area contributed by atoms with E-state index in [0.29, 0.717) is 11.1 Å². The smallest absolute Gasteiger partial charge is 0.258 e. The zero-order valence-electron chi connectivity index (χ0n) is 12.3. The third-order valence-electron chi connectivity index (χ3n) is 3.07. The van der Waals surface area contributed by atoms with E-state index < -0.39 is 9.85 Å². The van der Waals surface area contributed by atoms with Crippen LogP contribution in [0.5, 0.6) is 0 Å². The van der Waals surface area contributed by atoms with Crippen LogP contribution in [-0.4, -0.2) is 9.85 Å². The highest BCUT2D eigenvalue weighted by molar-refractivity contribution is 5.67. The van der Waals surface area contributed by atoms with Gasteiger partial charge in [-0.3, -0.25) is 20.2 Å². The molecule has 118 valence electrons. The zero-order chi connectivity index (χ0) is 17.5. The Hall–Kier alpha value is -3.79. The lowest BCUT2D eigenvalue weighted by Crippen LogP contribution is -1.88. The number of benzene rings is 2. The molecule has 0 aliphatic heterocycles. The van der Waals surface area contributed by atoms with E-state index in [4.69, 9.17) is 0 Å². The van der Waals surface area contributed by atoms with Gasteiger partial charge in [0, 0.05) is 24.3 Å². The number of rotatable bonds is 5. The van der Waals surface area contributed by atoms with Crippen molar-refractivity contribution in [1.82, 2.24) is 0 Å². The van der Waals surface area contributed by atoms with Gasteiger partial charge in [-0.2, -0.15) is 5.26 Å². The SMILES string of the molecule is N#CC(=C\c1cccc([N+](=O)[O-])c1)/C=C/c1cccc([N+](=O)[O-])c1. The molecule has 0 bridgehead atoms. The Balaban J connectivity index is 2.27. The molecule has 0 saturated carbocycles. The number of hydrogen-bond donors (Lipinski definition) is 0. The number of nitrogens with zero attached hydrogens (tertiary/aromatic N) is 3. The van der Waals surface area contributed by atoms with Crippen LogP contribution in [0, 0.1) is 31.6 Å². The van der Waals surface area contributed by atoms with E-state index in [1.807, 2.05) is 6.07 Å². The third-order valence-corrected chi connectivity index (χ3v) is 3.07. The van der Waals surface area contributed by atoms with Crippen LogP contribution >= 0.6 is 0 Å². The number of non-ortho nitro benzene ring substituents is 2. The maximum Gasteiger partial charge on any atom is 0.270 e. The molecule has 24 heavy (non-hydrogen) atoms. The first-order valence-corrected chi connectivity index (χ1v) is 6.78. The van der Waals surface area contributed by atoms with Crippen LogP contribution in [-0.2, 0) is 0 Å². The van der Waals surface area contributed by atoms with Crippen LogP contribution in [0.15, 0.2) is 60.2 Å². The van der Waals surface area contributed by atoms with Crippen molar-refractivity contribution in [3.63, 3.8) is 0 Å². The van der Waals surface area contributed by atoms with Gasteiger partial charge in [0.15, 0.2) is 0 Å². The summed E-state index contributed by atoms with van der Waals surface area (Å²) in [5.41, 5.74) is 1.25. The molecule has 0 aliphatic rings. The van der Waals surface area contributed by atoms with Gasteiger partial charge in [-0.1, -0.05) is 30.3 Å². The quantitative estimate of drug-likeness (QED) is 0.356. The van der Waals surface area contributed by atoms with Gasteiger partial charge in [0.1, 0.15) is 0 Å². The summed E-state index contributed by atoms with van der Waals surface area (Å²) in [6, 6.07) is 13.9. The van der Waals surface area contributed by atoms with Crippen molar-refractivity contribution >= 4 is 23.5 Å². The van der Waals surface area contributed by atoms with Crippen molar-refractivity contribution in [2.45, 2.75) is 0 Å². The standard InChI is InChI=1S/C17H11N3O4/c18-12-15(9-14-4-2-6-17(11-14)20(23)24)8-7-13-3-1-5-16(10-13)19(21)22/h1-11H/b8-7+,15-9-. The molecule has 2 aromatic carbocycles. The first-order chi connectivity index (χ1) is 11.5. The van der Waals surface area contributed by atoms with Gasteiger partial charge in [-0.25, -0.2) is 0 Å². The Kier molecular flexibility index (Phi) is 5.16. The Labute approximate surface area is 137 Å². The third kappa shape index (κ3) is 4.35. The predicted molar refractivity (Wildman–Crippen MR) is 88.8 cm³/mol. The molecule has 0 amide bonds. The molecule has 0 atom stereocenters. The molecule has 0 spiro atoms. The van der Waals surface area contributed by atoms with Gasteiger partial charge in [0.25, 0.3) is 11.4 Å². The van der Waals surface area contributed by atoms with Crippen LogP contribution in [0.3, 0.4) is 0 Å². The number of nitro benzene ring substituents is 2. The molecular weight excluding hydrogens is 310 g/mol. The van der Waals surface area contributed by atoms with E-state index in [1.54, 1.807) is 24.3 Å². The van der Waals surface area contributed by atoms with Crippen LogP contribution < -0.4 is 0 Å². The molecule has 2 rings (SSSR count). The number of nitro groups is 2. The van der Waals surface area contributed by atoms with E-state index in [1.165, 1.54) is 42.5 Å². The maximum absolute atomic E-state index is 10.8. The lowest BCUT2D eigenvalue weighted by atomic mass is 10.1. The largest absolute Gasteiger partial charge is 0.270 e. The summed E-state index contributed by atoms with van der Waals surface area (Å²) < 4.78 is 0. The second-order valence-electron chi connectivity index (χ2n) is 4.75. The van der Waals surface area contributed by atoms with Crippen molar-refractivity contribution in [2.24, 2.45) is 0 Å². The van der Waals surface area contributed by atoms with Gasteiger partial charge in [-0.05, 0) is 23.3 Å². The first-order valence-electron chi connectivity index (χ1n) is 6.78. The number of nitriles is 1. The van der Waals surface area contributed by atoms with Crippen molar-refractivity contribution < 1.29 is 9.85 Å². The lowest BCUT2D eigenvalue weighted by Gasteiger charge is -1.96. The van der Waals surface area contributed by atoms with Crippen LogP contribution in [0.25, 0.3) is 12.2 Å². The van der Waals surface area contributed by atoms with E-state index in [2.05, 4.69) is 0 Å². The normalized spacial score (nSPS) is 11.2. The van der Waals surface area contributed by atoms with Gasteiger partial charge < -0.3 is 0 Å². The Bertz CT molecular complexity index is 895. The summed E-state index contributed by atoms with van der Waals surface area (Å²) in [4.78, 5) is 20.5. The van der Waals surface area contributed by atoms with E-state index in [9.17, 15) is 25.5 Å². The molecule has 0 heterocycles. The second kappa shape index (κ2) is 7.47. The Morgan fingerprint density at radius 3 is 2.04 bits per heavy atom. The van der Waals surface area contributed by atoms with Gasteiger partial charge in [-0.15, -0.1) is 0 Å². The molecule has 0 saturated heterocycles. The van der Waals surface area contributed by atoms with Crippen molar-refractivity contribution in [3.05, 3.63) is 91.5 Å². The Morgan fingerprint density at radius 2 is 1.50 bits per heavy atom. The fourth-order valence-electron chi connectivity index (χ4n) is 1.95. The fraction of sp³-hybridized carbons (Fsp3) is 0. The number of allylic oxidation sites excluding steroid dienone is 2. The fourth-order valence-corrected chi connectivity index (χ4v) is 1.95. The highest BCUT2D eigenvalue weighted by Gasteiger charge is 2.05. The van der Waals surface area contributed by atoms with Crippen molar-refractivity contribution in [1.29, 1.82) is 5.26 Å². The van der Waals surface area contributed by atoms with E-state index in [0.717, 1.165) is 0 Å². The Morgan fingerprint density at radius 1 is 0.958 bits per heavy atom. The topological polar surface area (TPSA) is 110 Å². The molecule has 0 unspecified atom stereocenters. The summed E-state index contributed by atoms with van der Waals surface area (Å²) in [6.45, 7) is 0. The lowest BCUT2D eigenvalue weighted by molar-refractivity contribution is -0.385. The summed E-state index contributed by atoms with van der Waals surface area (Å²) in [6.07, 6.45) is 4.57. The molecule has 0 fully saturated rings. The summed E-state index contributed by atoms with van der Waals surface area (Å²) in [7, 11) is 0. The minimum Gasteiger partial charge on any atom is -0.258 e. The minimum absolute atomic E-state index is 0.0432. The molecule has 7 heteroatoms. The number of hydrogen-bond acceptors (Lipinski definition) is 5. The van der Waals surface area contributed by atoms with Crippen LogP contribution in [0.1, 0.15) is 11.1 Å². The second-order valence-corrected chi connectivity index (χ2v) is 4.75. The average molecular weight is 321 g/mol. The minimum atomic E-state index is -0.512. The molecule has 7 nitrogen and oxygen atoms in total. The highest BCUT2D eigenvalue weighted by Crippen LogP contribution is 2.18. The molecule has 0 radical (unpaired) electrons. The highest BCUT2D eigenvalue weighted by atomic mass is 16.6. The molecule has 0 aliphatic carbocycles.